The molecular weight excluding hydrogens is 352 g/mol. The van der Waals surface area contributed by atoms with Crippen molar-refractivity contribution < 1.29 is 14.3 Å². The van der Waals surface area contributed by atoms with Crippen LogP contribution in [0, 0.1) is 13.8 Å². The summed E-state index contributed by atoms with van der Waals surface area (Å²) in [5.74, 6) is -0.653. The number of anilines is 2. The molecule has 2 aliphatic rings. The third-order valence-corrected chi connectivity index (χ3v) is 5.87. The van der Waals surface area contributed by atoms with Crippen LogP contribution in [0.3, 0.4) is 0 Å². The number of benzene rings is 2. The summed E-state index contributed by atoms with van der Waals surface area (Å²) >= 11 is 0. The number of carbonyl (C=O) groups excluding carboxylic acids is 2. The molecule has 146 valence electrons. The van der Waals surface area contributed by atoms with Crippen LogP contribution in [-0.2, 0) is 27.4 Å². The summed E-state index contributed by atoms with van der Waals surface area (Å²) in [5, 5.41) is 0. The Morgan fingerprint density at radius 1 is 1.00 bits per heavy atom. The first-order chi connectivity index (χ1) is 13.4. The second-order valence-electron chi connectivity index (χ2n) is 7.84. The van der Waals surface area contributed by atoms with Crippen molar-refractivity contribution in [2.45, 2.75) is 46.3 Å². The lowest BCUT2D eigenvalue weighted by Crippen LogP contribution is -2.63. The maximum Gasteiger partial charge on any atom is 0.341 e. The van der Waals surface area contributed by atoms with Gasteiger partial charge in [-0.15, -0.1) is 0 Å². The maximum atomic E-state index is 13.2. The van der Waals surface area contributed by atoms with Gasteiger partial charge in [-0.25, -0.2) is 4.79 Å². The fourth-order valence-corrected chi connectivity index (χ4v) is 4.51. The molecule has 2 heterocycles. The summed E-state index contributed by atoms with van der Waals surface area (Å²) in [6.07, 6.45) is 0. The van der Waals surface area contributed by atoms with Gasteiger partial charge in [0.2, 0.25) is 5.54 Å². The van der Waals surface area contributed by atoms with Gasteiger partial charge in [0.25, 0.3) is 0 Å². The fourth-order valence-electron chi connectivity index (χ4n) is 4.51. The number of esters is 1. The molecule has 28 heavy (non-hydrogen) atoms. The minimum atomic E-state index is -1.36. The quantitative estimate of drug-likeness (QED) is 0.604. The maximum absolute atomic E-state index is 13.2. The van der Waals surface area contributed by atoms with Crippen molar-refractivity contribution in [1.29, 1.82) is 0 Å². The summed E-state index contributed by atoms with van der Waals surface area (Å²) in [6.45, 7) is 9.07. The number of Topliss-reactive ketones (excluding diaryl/α,β-unsaturated/α-hetero) is 1. The largest absolute Gasteiger partial charge is 0.464 e. The molecule has 0 aromatic heterocycles. The number of hydrogen-bond donors (Lipinski definition) is 0. The number of rotatable bonds is 3. The molecule has 0 saturated heterocycles. The van der Waals surface area contributed by atoms with E-state index in [4.69, 9.17) is 4.74 Å². The van der Waals surface area contributed by atoms with Crippen LogP contribution in [0.1, 0.15) is 36.1 Å². The van der Waals surface area contributed by atoms with E-state index in [9.17, 15) is 9.59 Å². The smallest absolute Gasteiger partial charge is 0.341 e. The lowest BCUT2D eigenvalue weighted by Gasteiger charge is -2.40. The van der Waals surface area contributed by atoms with Crippen LogP contribution in [0.25, 0.3) is 0 Å². The standard InChI is InChI=1S/C23H26N2O3/c1-5-28-22(27)23(17(4)26)14-24-12-18-10-16(3)7-9-21(18)25(23)13-19-11-15(2)6-8-20(19)24/h6-11H,5,12-14H2,1-4H3. The van der Waals surface area contributed by atoms with Gasteiger partial charge in [-0.3, -0.25) is 4.79 Å². The van der Waals surface area contributed by atoms with E-state index in [0.717, 1.165) is 33.6 Å². The van der Waals surface area contributed by atoms with E-state index in [1.165, 1.54) is 6.92 Å². The third-order valence-electron chi connectivity index (χ3n) is 5.87. The first kappa shape index (κ1) is 18.5. The normalized spacial score (nSPS) is 20.1. The summed E-state index contributed by atoms with van der Waals surface area (Å²) < 4.78 is 5.44. The number of fused-ring (bicyclic) bond motifs is 7. The minimum absolute atomic E-state index is 0.186. The zero-order valence-corrected chi connectivity index (χ0v) is 16.9. The summed E-state index contributed by atoms with van der Waals surface area (Å²) in [5.41, 5.74) is 5.23. The molecule has 0 amide bonds. The number of ether oxygens (including phenoxy) is 1. The van der Waals surface area contributed by atoms with E-state index in [0.29, 0.717) is 13.1 Å². The van der Waals surface area contributed by atoms with Gasteiger partial charge in [0.15, 0.2) is 5.78 Å². The zero-order chi connectivity index (χ0) is 20.1. The Morgan fingerprint density at radius 3 is 2.21 bits per heavy atom. The molecule has 0 fully saturated rings. The molecule has 2 bridgehead atoms. The Labute approximate surface area is 165 Å². The zero-order valence-electron chi connectivity index (χ0n) is 16.9. The van der Waals surface area contributed by atoms with Crippen molar-refractivity contribution in [1.82, 2.24) is 0 Å². The van der Waals surface area contributed by atoms with Crippen LogP contribution in [0.2, 0.25) is 0 Å². The van der Waals surface area contributed by atoms with Gasteiger partial charge in [0.1, 0.15) is 0 Å². The molecule has 0 aliphatic carbocycles. The first-order valence-corrected chi connectivity index (χ1v) is 9.76. The Bertz CT molecular complexity index is 968. The summed E-state index contributed by atoms with van der Waals surface area (Å²) in [6, 6.07) is 12.6. The Kier molecular flexibility index (Phi) is 4.41. The Balaban J connectivity index is 2.00. The molecule has 2 aromatic rings. The Morgan fingerprint density at radius 2 is 1.61 bits per heavy atom. The van der Waals surface area contributed by atoms with Gasteiger partial charge < -0.3 is 14.5 Å². The second-order valence-corrected chi connectivity index (χ2v) is 7.84. The molecule has 5 nitrogen and oxygen atoms in total. The second kappa shape index (κ2) is 6.66. The molecule has 1 unspecified atom stereocenters. The SMILES string of the molecule is CCOC(=O)C1(C(C)=O)CN2Cc3cc(C)ccc3N1Cc1cc(C)ccc12. The molecule has 0 saturated carbocycles. The molecular formula is C23H26N2O3. The Hall–Kier alpha value is -2.82. The first-order valence-electron chi connectivity index (χ1n) is 9.76. The van der Waals surface area contributed by atoms with E-state index < -0.39 is 11.5 Å². The van der Waals surface area contributed by atoms with E-state index in [-0.39, 0.29) is 18.9 Å². The number of aryl methyl sites for hydroxylation is 2. The topological polar surface area (TPSA) is 49.9 Å². The molecule has 0 spiro atoms. The van der Waals surface area contributed by atoms with Crippen LogP contribution < -0.4 is 9.80 Å². The number of hydrogen-bond acceptors (Lipinski definition) is 5. The van der Waals surface area contributed by atoms with Crippen LogP contribution in [-0.4, -0.2) is 30.4 Å². The number of ketones is 1. The average molecular weight is 378 g/mol. The van der Waals surface area contributed by atoms with Gasteiger partial charge >= 0.3 is 5.97 Å². The molecule has 2 aromatic carbocycles. The highest BCUT2D eigenvalue weighted by Crippen LogP contribution is 2.42. The fraction of sp³-hybridized carbons (Fsp3) is 0.391. The number of nitrogens with zero attached hydrogens (tertiary/aromatic N) is 2. The molecule has 5 heteroatoms. The van der Waals surface area contributed by atoms with Crippen LogP contribution in [0.5, 0.6) is 0 Å². The van der Waals surface area contributed by atoms with Crippen molar-refractivity contribution in [2.24, 2.45) is 0 Å². The van der Waals surface area contributed by atoms with Gasteiger partial charge in [-0.1, -0.05) is 35.4 Å². The van der Waals surface area contributed by atoms with Crippen molar-refractivity contribution in [3.63, 3.8) is 0 Å². The predicted molar refractivity (Wildman–Crippen MR) is 110 cm³/mol. The van der Waals surface area contributed by atoms with E-state index >= 15 is 0 Å². The lowest BCUT2D eigenvalue weighted by atomic mass is 9.91. The van der Waals surface area contributed by atoms with Crippen LogP contribution in [0.15, 0.2) is 36.4 Å². The van der Waals surface area contributed by atoms with Gasteiger partial charge in [-0.05, 0) is 51.0 Å². The van der Waals surface area contributed by atoms with Crippen molar-refractivity contribution >= 4 is 23.1 Å². The van der Waals surface area contributed by atoms with Crippen molar-refractivity contribution in [3.05, 3.63) is 58.7 Å². The highest BCUT2D eigenvalue weighted by Gasteiger charge is 2.54. The monoisotopic (exact) mass is 378 g/mol. The van der Waals surface area contributed by atoms with Gasteiger partial charge in [0, 0.05) is 24.5 Å². The van der Waals surface area contributed by atoms with Gasteiger partial charge in [0.05, 0.1) is 13.2 Å². The predicted octanol–water partition coefficient (Wildman–Crippen LogP) is 3.53. The van der Waals surface area contributed by atoms with E-state index in [1.54, 1.807) is 6.92 Å². The lowest BCUT2D eigenvalue weighted by molar-refractivity contribution is -0.152. The van der Waals surface area contributed by atoms with Crippen molar-refractivity contribution in [2.75, 3.05) is 23.0 Å². The minimum Gasteiger partial charge on any atom is -0.464 e. The summed E-state index contributed by atoms with van der Waals surface area (Å²) in [7, 11) is 0. The molecule has 2 aliphatic heterocycles. The third kappa shape index (κ3) is 2.68. The van der Waals surface area contributed by atoms with E-state index in [1.807, 2.05) is 17.0 Å². The van der Waals surface area contributed by atoms with E-state index in [2.05, 4.69) is 43.0 Å². The average Bonchev–Trinajstić information content (AvgIpc) is 2.85. The molecule has 4 rings (SSSR count). The highest BCUT2D eigenvalue weighted by molar-refractivity contribution is 6.12. The van der Waals surface area contributed by atoms with Crippen molar-refractivity contribution in [3.8, 4) is 0 Å². The number of carbonyl (C=O) groups is 2. The summed E-state index contributed by atoms with van der Waals surface area (Å²) in [4.78, 5) is 30.4. The molecule has 1 atom stereocenters. The van der Waals surface area contributed by atoms with Crippen LogP contribution >= 0.6 is 0 Å². The van der Waals surface area contributed by atoms with Crippen LogP contribution in [0.4, 0.5) is 11.4 Å². The molecule has 0 radical (unpaired) electrons. The van der Waals surface area contributed by atoms with Gasteiger partial charge in [-0.2, -0.15) is 0 Å². The highest BCUT2D eigenvalue weighted by atomic mass is 16.5. The molecule has 0 N–H and O–H groups in total.